The lowest BCUT2D eigenvalue weighted by Gasteiger charge is -2.13. The predicted molar refractivity (Wildman–Crippen MR) is 41.9 cm³/mol. The van der Waals surface area contributed by atoms with E-state index in [1.165, 1.54) is 19.3 Å². The Morgan fingerprint density at radius 2 is 2.10 bits per heavy atom. The molecule has 0 spiro atoms. The molecule has 1 saturated carbocycles. The largest absolute Gasteiger partial charge is 0.300 e. The molecular weight excluding hydrogens is 124 g/mol. The van der Waals surface area contributed by atoms with Crippen molar-refractivity contribution < 1.29 is 4.79 Å². The maximum absolute atomic E-state index is 11.0. The van der Waals surface area contributed by atoms with E-state index in [4.69, 9.17) is 0 Å². The monoisotopic (exact) mass is 140 g/mol. The summed E-state index contributed by atoms with van der Waals surface area (Å²) in [6.45, 7) is 2.18. The second-order valence-electron chi connectivity index (χ2n) is 3.45. The van der Waals surface area contributed by atoms with Crippen LogP contribution in [0.5, 0.6) is 0 Å². The number of Topliss-reactive ketones (excluding diaryl/α,β-unsaturated/α-hetero) is 1. The van der Waals surface area contributed by atoms with E-state index in [0.29, 0.717) is 11.7 Å². The molecule has 0 heterocycles. The Kier molecular flexibility index (Phi) is 2.91. The SMILES string of the molecule is CC1CCCCCC(=O)C1. The van der Waals surface area contributed by atoms with Gasteiger partial charge in [0.2, 0.25) is 0 Å². The number of hydrogen-bond acceptors (Lipinski definition) is 1. The predicted octanol–water partition coefficient (Wildman–Crippen LogP) is 2.55. The Bertz CT molecular complexity index is 118. The van der Waals surface area contributed by atoms with Crippen LogP contribution < -0.4 is 0 Å². The highest BCUT2D eigenvalue weighted by Gasteiger charge is 2.11. The molecule has 1 aliphatic carbocycles. The van der Waals surface area contributed by atoms with Crippen molar-refractivity contribution >= 4 is 5.78 Å². The topological polar surface area (TPSA) is 17.1 Å². The van der Waals surface area contributed by atoms with Crippen LogP contribution in [0.25, 0.3) is 0 Å². The summed E-state index contributed by atoms with van der Waals surface area (Å²) in [5, 5.41) is 0. The van der Waals surface area contributed by atoms with Crippen LogP contribution in [0.15, 0.2) is 0 Å². The van der Waals surface area contributed by atoms with Gasteiger partial charge in [-0.1, -0.05) is 26.2 Å². The van der Waals surface area contributed by atoms with E-state index in [2.05, 4.69) is 6.92 Å². The quantitative estimate of drug-likeness (QED) is 0.505. The van der Waals surface area contributed by atoms with Crippen molar-refractivity contribution in [2.45, 2.75) is 45.4 Å². The van der Waals surface area contributed by atoms with E-state index in [1.807, 2.05) is 0 Å². The number of ketones is 1. The molecule has 1 atom stereocenters. The van der Waals surface area contributed by atoms with Gasteiger partial charge in [0.1, 0.15) is 5.78 Å². The zero-order chi connectivity index (χ0) is 7.40. The van der Waals surface area contributed by atoms with Gasteiger partial charge in [-0.15, -0.1) is 0 Å². The first-order chi connectivity index (χ1) is 4.79. The number of carbonyl (C=O) groups excluding carboxylic acids is 1. The molecule has 1 unspecified atom stereocenters. The highest BCUT2D eigenvalue weighted by atomic mass is 16.1. The first-order valence-corrected chi connectivity index (χ1v) is 4.31. The highest BCUT2D eigenvalue weighted by Crippen LogP contribution is 2.18. The summed E-state index contributed by atoms with van der Waals surface area (Å²) < 4.78 is 0. The van der Waals surface area contributed by atoms with E-state index < -0.39 is 0 Å². The Hall–Kier alpha value is -0.330. The van der Waals surface area contributed by atoms with E-state index in [1.54, 1.807) is 0 Å². The molecule has 0 aromatic carbocycles. The lowest BCUT2D eigenvalue weighted by Crippen LogP contribution is -2.08. The van der Waals surface area contributed by atoms with Gasteiger partial charge in [0.25, 0.3) is 0 Å². The van der Waals surface area contributed by atoms with Gasteiger partial charge in [-0.2, -0.15) is 0 Å². The Morgan fingerprint density at radius 3 is 2.90 bits per heavy atom. The minimum absolute atomic E-state index is 0.479. The second kappa shape index (κ2) is 3.75. The average molecular weight is 140 g/mol. The lowest BCUT2D eigenvalue weighted by atomic mass is 9.92. The molecule has 1 nitrogen and oxygen atoms in total. The molecule has 0 aromatic rings. The average Bonchev–Trinajstić information content (AvgIpc) is 1.83. The van der Waals surface area contributed by atoms with Crippen LogP contribution in [0.4, 0.5) is 0 Å². The number of hydrogen-bond donors (Lipinski definition) is 0. The maximum Gasteiger partial charge on any atom is 0.133 e. The van der Waals surface area contributed by atoms with Gasteiger partial charge < -0.3 is 0 Å². The molecule has 0 aliphatic heterocycles. The van der Waals surface area contributed by atoms with Gasteiger partial charge in [0.05, 0.1) is 0 Å². The molecule has 0 N–H and O–H groups in total. The standard InChI is InChI=1S/C9H16O/c1-8-5-3-2-4-6-9(10)7-8/h8H,2-7H2,1H3. The van der Waals surface area contributed by atoms with Gasteiger partial charge in [0, 0.05) is 12.8 Å². The summed E-state index contributed by atoms with van der Waals surface area (Å²) in [4.78, 5) is 11.0. The first-order valence-electron chi connectivity index (χ1n) is 4.31. The van der Waals surface area contributed by atoms with E-state index in [9.17, 15) is 4.79 Å². The summed E-state index contributed by atoms with van der Waals surface area (Å²) in [5.41, 5.74) is 0. The molecule has 1 rings (SSSR count). The molecule has 0 bridgehead atoms. The van der Waals surface area contributed by atoms with Gasteiger partial charge >= 0.3 is 0 Å². The van der Waals surface area contributed by atoms with Gasteiger partial charge in [-0.25, -0.2) is 0 Å². The minimum Gasteiger partial charge on any atom is -0.300 e. The van der Waals surface area contributed by atoms with E-state index >= 15 is 0 Å². The van der Waals surface area contributed by atoms with Gasteiger partial charge in [0.15, 0.2) is 0 Å². The molecule has 0 aromatic heterocycles. The lowest BCUT2D eigenvalue weighted by molar-refractivity contribution is -0.120. The van der Waals surface area contributed by atoms with Gasteiger partial charge in [-0.05, 0) is 12.3 Å². The fraction of sp³-hybridized carbons (Fsp3) is 0.889. The van der Waals surface area contributed by atoms with Crippen LogP contribution >= 0.6 is 0 Å². The molecule has 0 amide bonds. The fourth-order valence-electron chi connectivity index (χ4n) is 1.58. The van der Waals surface area contributed by atoms with Crippen LogP contribution in [0, 0.1) is 5.92 Å². The zero-order valence-corrected chi connectivity index (χ0v) is 6.73. The molecule has 1 heteroatoms. The summed E-state index contributed by atoms with van der Waals surface area (Å²) in [5.74, 6) is 1.12. The highest BCUT2D eigenvalue weighted by molar-refractivity contribution is 5.78. The molecule has 58 valence electrons. The molecule has 0 saturated heterocycles. The third-order valence-electron chi connectivity index (χ3n) is 2.23. The molecule has 1 aliphatic rings. The Balaban J connectivity index is 2.32. The fourth-order valence-corrected chi connectivity index (χ4v) is 1.58. The van der Waals surface area contributed by atoms with Crippen molar-refractivity contribution in [2.24, 2.45) is 5.92 Å². The normalized spacial score (nSPS) is 29.3. The summed E-state index contributed by atoms with van der Waals surface area (Å²) in [7, 11) is 0. The van der Waals surface area contributed by atoms with Crippen LogP contribution in [0.3, 0.4) is 0 Å². The number of rotatable bonds is 0. The Labute approximate surface area is 62.8 Å². The molecule has 0 radical (unpaired) electrons. The van der Waals surface area contributed by atoms with Crippen LogP contribution in [0.2, 0.25) is 0 Å². The summed E-state index contributed by atoms with van der Waals surface area (Å²) in [6, 6.07) is 0. The van der Waals surface area contributed by atoms with E-state index in [0.717, 1.165) is 19.3 Å². The third-order valence-corrected chi connectivity index (χ3v) is 2.23. The zero-order valence-electron chi connectivity index (χ0n) is 6.73. The Morgan fingerprint density at radius 1 is 1.30 bits per heavy atom. The number of carbonyl (C=O) groups is 1. The summed E-state index contributed by atoms with van der Waals surface area (Å²) in [6.07, 6.45) is 6.64. The molecule has 1 fully saturated rings. The van der Waals surface area contributed by atoms with Crippen LogP contribution in [0.1, 0.15) is 45.4 Å². The molecule has 10 heavy (non-hydrogen) atoms. The van der Waals surface area contributed by atoms with Gasteiger partial charge in [-0.3, -0.25) is 4.79 Å². The minimum atomic E-state index is 0.479. The second-order valence-corrected chi connectivity index (χ2v) is 3.45. The van der Waals surface area contributed by atoms with Crippen molar-refractivity contribution in [3.05, 3.63) is 0 Å². The smallest absolute Gasteiger partial charge is 0.133 e. The van der Waals surface area contributed by atoms with Crippen molar-refractivity contribution in [3.63, 3.8) is 0 Å². The summed E-state index contributed by atoms with van der Waals surface area (Å²) >= 11 is 0. The van der Waals surface area contributed by atoms with Crippen molar-refractivity contribution in [3.8, 4) is 0 Å². The van der Waals surface area contributed by atoms with E-state index in [-0.39, 0.29) is 0 Å². The van der Waals surface area contributed by atoms with Crippen LogP contribution in [-0.2, 0) is 4.79 Å². The molecular formula is C9H16O. The van der Waals surface area contributed by atoms with Crippen molar-refractivity contribution in [1.29, 1.82) is 0 Å². The maximum atomic E-state index is 11.0. The van der Waals surface area contributed by atoms with Crippen LogP contribution in [-0.4, -0.2) is 5.78 Å². The van der Waals surface area contributed by atoms with Crippen molar-refractivity contribution in [1.82, 2.24) is 0 Å². The first kappa shape index (κ1) is 7.77. The third kappa shape index (κ3) is 2.51. The van der Waals surface area contributed by atoms with Crippen molar-refractivity contribution in [2.75, 3.05) is 0 Å².